The molecule has 1 aromatic carbocycles. The lowest BCUT2D eigenvalue weighted by Gasteiger charge is -2.28. The first kappa shape index (κ1) is 16.1. The predicted molar refractivity (Wildman–Crippen MR) is 82.9 cm³/mol. The molecule has 0 unspecified atom stereocenters. The van der Waals surface area contributed by atoms with Gasteiger partial charge in [0, 0.05) is 17.6 Å². The number of hydrogen-bond acceptors (Lipinski definition) is 3. The van der Waals surface area contributed by atoms with Crippen LogP contribution in [0.25, 0.3) is 0 Å². The molecule has 2 N–H and O–H groups in total. The van der Waals surface area contributed by atoms with Gasteiger partial charge < -0.3 is 15.2 Å². The molecule has 0 aliphatic heterocycles. The van der Waals surface area contributed by atoms with Crippen molar-refractivity contribution in [2.24, 2.45) is 5.92 Å². The second-order valence-corrected chi connectivity index (χ2v) is 6.11. The minimum atomic E-state index is -0.659. The fourth-order valence-electron chi connectivity index (χ4n) is 2.66. The van der Waals surface area contributed by atoms with E-state index in [4.69, 9.17) is 21.4 Å². The number of benzene rings is 1. The summed E-state index contributed by atoms with van der Waals surface area (Å²) >= 11 is 5.84. The maximum Gasteiger partial charge on any atom is 0.306 e. The quantitative estimate of drug-likeness (QED) is 0.846. The molecule has 1 aromatic rings. The third-order valence-electron chi connectivity index (χ3n) is 3.92. The number of aliphatic carboxylic acids is 1. The van der Waals surface area contributed by atoms with Crippen molar-refractivity contribution in [2.45, 2.75) is 44.8 Å². The Balaban J connectivity index is 1.68. The van der Waals surface area contributed by atoms with Gasteiger partial charge in [-0.1, -0.05) is 11.6 Å². The highest BCUT2D eigenvalue weighted by Gasteiger charge is 2.25. The highest BCUT2D eigenvalue weighted by atomic mass is 35.5. The first-order valence-electron chi connectivity index (χ1n) is 7.43. The Morgan fingerprint density at radius 1 is 1.33 bits per heavy atom. The van der Waals surface area contributed by atoms with E-state index < -0.39 is 5.97 Å². The van der Waals surface area contributed by atoms with E-state index in [1.54, 1.807) is 0 Å². The Morgan fingerprint density at radius 2 is 1.95 bits per heavy atom. The molecule has 1 atom stereocenters. The zero-order chi connectivity index (χ0) is 15.2. The summed E-state index contributed by atoms with van der Waals surface area (Å²) in [7, 11) is 0. The highest BCUT2D eigenvalue weighted by molar-refractivity contribution is 6.30. The Hall–Kier alpha value is -1.26. The molecule has 0 spiro atoms. The number of ether oxygens (including phenoxy) is 1. The number of nitrogens with one attached hydrogen (secondary N) is 1. The van der Waals surface area contributed by atoms with E-state index in [-0.39, 0.29) is 12.0 Å². The van der Waals surface area contributed by atoms with E-state index in [1.807, 2.05) is 31.2 Å². The van der Waals surface area contributed by atoms with E-state index >= 15 is 0 Å². The third-order valence-corrected chi connectivity index (χ3v) is 4.17. The molecule has 0 heterocycles. The zero-order valence-corrected chi connectivity index (χ0v) is 13.0. The second-order valence-electron chi connectivity index (χ2n) is 5.68. The number of rotatable bonds is 6. The van der Waals surface area contributed by atoms with Crippen molar-refractivity contribution in [1.82, 2.24) is 5.32 Å². The Labute approximate surface area is 130 Å². The molecule has 1 fully saturated rings. The van der Waals surface area contributed by atoms with Gasteiger partial charge >= 0.3 is 5.97 Å². The SMILES string of the molecule is C[C@@H](CNC1CCC(C(=O)O)CC1)Oc1ccc(Cl)cc1. The van der Waals surface area contributed by atoms with Gasteiger partial charge in [-0.3, -0.25) is 4.79 Å². The van der Waals surface area contributed by atoms with Crippen molar-refractivity contribution in [2.75, 3.05) is 6.54 Å². The van der Waals surface area contributed by atoms with E-state index in [9.17, 15) is 4.79 Å². The summed E-state index contributed by atoms with van der Waals surface area (Å²) in [6, 6.07) is 7.74. The number of hydrogen-bond donors (Lipinski definition) is 2. The first-order chi connectivity index (χ1) is 10.0. The van der Waals surface area contributed by atoms with Gasteiger partial charge in [-0.05, 0) is 56.9 Å². The molecular formula is C16H22ClNO3. The molecule has 1 aliphatic rings. The zero-order valence-electron chi connectivity index (χ0n) is 12.2. The molecule has 1 saturated carbocycles. The average molecular weight is 312 g/mol. The number of halogens is 1. The Kier molecular flexibility index (Phi) is 5.88. The summed E-state index contributed by atoms with van der Waals surface area (Å²) in [6.45, 7) is 2.77. The Bertz CT molecular complexity index is 455. The van der Waals surface area contributed by atoms with Crippen LogP contribution in [0, 0.1) is 5.92 Å². The minimum Gasteiger partial charge on any atom is -0.489 e. The van der Waals surface area contributed by atoms with Gasteiger partial charge in [0.05, 0.1) is 5.92 Å². The lowest BCUT2D eigenvalue weighted by molar-refractivity contribution is -0.142. The molecule has 4 nitrogen and oxygen atoms in total. The lowest BCUT2D eigenvalue weighted by Crippen LogP contribution is -2.39. The van der Waals surface area contributed by atoms with Crippen LogP contribution in [-0.2, 0) is 4.79 Å². The van der Waals surface area contributed by atoms with Crippen LogP contribution < -0.4 is 10.1 Å². The van der Waals surface area contributed by atoms with E-state index in [0.29, 0.717) is 11.1 Å². The van der Waals surface area contributed by atoms with Crippen molar-refractivity contribution in [3.8, 4) is 5.75 Å². The smallest absolute Gasteiger partial charge is 0.306 e. The van der Waals surface area contributed by atoms with Gasteiger partial charge in [0.25, 0.3) is 0 Å². The number of carboxylic acid groups (broad SMARTS) is 1. The summed E-state index contributed by atoms with van der Waals surface area (Å²) in [4.78, 5) is 10.9. The normalized spacial score (nSPS) is 23.5. The van der Waals surface area contributed by atoms with Crippen molar-refractivity contribution < 1.29 is 14.6 Å². The van der Waals surface area contributed by atoms with Crippen LogP contribution in [0.5, 0.6) is 5.75 Å². The molecule has 0 bridgehead atoms. The fraction of sp³-hybridized carbons (Fsp3) is 0.562. The number of carboxylic acids is 1. The summed E-state index contributed by atoms with van der Waals surface area (Å²) in [5, 5.41) is 13.1. The third kappa shape index (κ3) is 5.21. The largest absolute Gasteiger partial charge is 0.489 e. The summed E-state index contributed by atoms with van der Waals surface area (Å²) < 4.78 is 5.80. The van der Waals surface area contributed by atoms with Crippen LogP contribution in [-0.4, -0.2) is 29.8 Å². The van der Waals surface area contributed by atoms with Crippen LogP contribution in [0.4, 0.5) is 0 Å². The average Bonchev–Trinajstić information content (AvgIpc) is 2.48. The molecule has 0 amide bonds. The maximum atomic E-state index is 10.9. The monoisotopic (exact) mass is 311 g/mol. The van der Waals surface area contributed by atoms with Crippen LogP contribution in [0.2, 0.25) is 5.02 Å². The lowest BCUT2D eigenvalue weighted by atomic mass is 9.86. The molecule has 5 heteroatoms. The molecule has 0 radical (unpaired) electrons. The van der Waals surface area contributed by atoms with Crippen molar-refractivity contribution in [3.05, 3.63) is 29.3 Å². The standard InChI is InChI=1S/C16H22ClNO3/c1-11(21-15-8-4-13(17)5-9-15)10-18-14-6-2-12(3-7-14)16(19)20/h4-5,8-9,11-12,14,18H,2-3,6-7,10H2,1H3,(H,19,20)/t11-,12?,14?/m0/s1. The van der Waals surface area contributed by atoms with Gasteiger partial charge in [0.1, 0.15) is 11.9 Å². The molecule has 0 aromatic heterocycles. The summed E-state index contributed by atoms with van der Waals surface area (Å²) in [5.74, 6) is -0.0121. The first-order valence-corrected chi connectivity index (χ1v) is 7.81. The van der Waals surface area contributed by atoms with Crippen molar-refractivity contribution >= 4 is 17.6 Å². The van der Waals surface area contributed by atoms with Crippen LogP contribution in [0.3, 0.4) is 0 Å². The second kappa shape index (κ2) is 7.66. The molecule has 116 valence electrons. The summed E-state index contributed by atoms with van der Waals surface area (Å²) in [5.41, 5.74) is 0. The van der Waals surface area contributed by atoms with E-state index in [2.05, 4.69) is 5.32 Å². The van der Waals surface area contributed by atoms with Gasteiger partial charge in [-0.15, -0.1) is 0 Å². The molecule has 0 saturated heterocycles. The summed E-state index contributed by atoms with van der Waals surface area (Å²) in [6.07, 6.45) is 3.43. The molecule has 2 rings (SSSR count). The van der Waals surface area contributed by atoms with Crippen LogP contribution in [0.15, 0.2) is 24.3 Å². The minimum absolute atomic E-state index is 0.0587. The van der Waals surface area contributed by atoms with Crippen molar-refractivity contribution in [1.29, 1.82) is 0 Å². The molecule has 21 heavy (non-hydrogen) atoms. The number of carbonyl (C=O) groups is 1. The molecular weight excluding hydrogens is 290 g/mol. The van der Waals surface area contributed by atoms with Crippen LogP contribution in [0.1, 0.15) is 32.6 Å². The van der Waals surface area contributed by atoms with Gasteiger partial charge in [0.2, 0.25) is 0 Å². The van der Waals surface area contributed by atoms with Gasteiger partial charge in [0.15, 0.2) is 0 Å². The topological polar surface area (TPSA) is 58.6 Å². The Morgan fingerprint density at radius 3 is 2.52 bits per heavy atom. The maximum absolute atomic E-state index is 10.9. The highest BCUT2D eigenvalue weighted by Crippen LogP contribution is 2.24. The van der Waals surface area contributed by atoms with Gasteiger partial charge in [-0.2, -0.15) is 0 Å². The van der Waals surface area contributed by atoms with Crippen molar-refractivity contribution in [3.63, 3.8) is 0 Å². The van der Waals surface area contributed by atoms with Crippen LogP contribution >= 0.6 is 11.6 Å². The van der Waals surface area contributed by atoms with E-state index in [0.717, 1.165) is 38.0 Å². The predicted octanol–water partition coefficient (Wildman–Crippen LogP) is 3.34. The fourth-order valence-corrected chi connectivity index (χ4v) is 2.79. The van der Waals surface area contributed by atoms with Gasteiger partial charge in [-0.25, -0.2) is 0 Å². The van der Waals surface area contributed by atoms with E-state index in [1.165, 1.54) is 0 Å². The molecule has 1 aliphatic carbocycles.